The molecule has 0 aliphatic carbocycles. The average molecular weight is 428 g/mol. The summed E-state index contributed by atoms with van der Waals surface area (Å²) < 4.78 is 16.6. The number of amides is 2. The fourth-order valence-electron chi connectivity index (χ4n) is 3.74. The zero-order valence-electron chi connectivity index (χ0n) is 18.0. The number of fused-ring (bicyclic) bond motifs is 1. The van der Waals surface area contributed by atoms with Gasteiger partial charge in [0.1, 0.15) is 5.75 Å². The normalized spacial score (nSPS) is 15.1. The van der Waals surface area contributed by atoms with E-state index in [9.17, 15) is 14.7 Å². The zero-order valence-corrected chi connectivity index (χ0v) is 18.0. The standard InChI is InChI=1S/C23H28N2O6/c1-4-30-20-12-15-10-11-25(23(28)24-16-6-8-17(29-3)9-7-16)19(14-22(26)27)18(15)13-21(20)31-5-2/h6-9,12-13,19H,4-5,10-11,14H2,1-3H3,(H,24,28)(H,26,27)/t19-/m1/s1. The van der Waals surface area contributed by atoms with E-state index in [2.05, 4.69) is 5.32 Å². The van der Waals surface area contributed by atoms with Crippen LogP contribution in [0.4, 0.5) is 10.5 Å². The van der Waals surface area contributed by atoms with Crippen molar-refractivity contribution in [2.24, 2.45) is 0 Å². The maximum absolute atomic E-state index is 13.0. The van der Waals surface area contributed by atoms with Crippen molar-refractivity contribution in [3.05, 3.63) is 47.5 Å². The first-order valence-electron chi connectivity index (χ1n) is 10.3. The van der Waals surface area contributed by atoms with Crippen LogP contribution in [0.3, 0.4) is 0 Å². The minimum Gasteiger partial charge on any atom is -0.497 e. The summed E-state index contributed by atoms with van der Waals surface area (Å²) in [4.78, 5) is 26.2. The molecular formula is C23H28N2O6. The lowest BCUT2D eigenvalue weighted by Crippen LogP contribution is -2.43. The van der Waals surface area contributed by atoms with Gasteiger partial charge in [0, 0.05) is 12.2 Å². The Morgan fingerprint density at radius 1 is 1.10 bits per heavy atom. The van der Waals surface area contributed by atoms with E-state index < -0.39 is 12.0 Å². The smallest absolute Gasteiger partial charge is 0.322 e. The van der Waals surface area contributed by atoms with Crippen LogP contribution >= 0.6 is 0 Å². The van der Waals surface area contributed by atoms with Gasteiger partial charge in [-0.05, 0) is 67.8 Å². The van der Waals surface area contributed by atoms with E-state index in [4.69, 9.17) is 14.2 Å². The summed E-state index contributed by atoms with van der Waals surface area (Å²) in [5, 5.41) is 12.4. The molecule has 0 saturated carbocycles. The largest absolute Gasteiger partial charge is 0.497 e. The van der Waals surface area contributed by atoms with Crippen molar-refractivity contribution in [3.8, 4) is 17.2 Å². The number of aliphatic carboxylic acids is 1. The quantitative estimate of drug-likeness (QED) is 0.657. The summed E-state index contributed by atoms with van der Waals surface area (Å²) in [5.41, 5.74) is 2.34. The highest BCUT2D eigenvalue weighted by Crippen LogP contribution is 2.40. The molecule has 2 N–H and O–H groups in total. The Labute approximate surface area is 181 Å². The lowest BCUT2D eigenvalue weighted by molar-refractivity contribution is -0.138. The zero-order chi connectivity index (χ0) is 22.4. The van der Waals surface area contributed by atoms with Crippen LogP contribution in [0.2, 0.25) is 0 Å². The Morgan fingerprint density at radius 3 is 2.32 bits per heavy atom. The molecular weight excluding hydrogens is 400 g/mol. The van der Waals surface area contributed by atoms with Crippen LogP contribution in [0.1, 0.15) is 37.4 Å². The SMILES string of the molecule is CCOc1cc2c(cc1OCC)[C@@H](CC(=O)O)N(C(=O)Nc1ccc(OC)cc1)CC2. The van der Waals surface area contributed by atoms with Gasteiger partial charge in [0.25, 0.3) is 0 Å². The first kappa shape index (κ1) is 22.3. The molecule has 2 aromatic carbocycles. The van der Waals surface area contributed by atoms with Crippen LogP contribution in [-0.2, 0) is 11.2 Å². The fraction of sp³-hybridized carbons (Fsp3) is 0.391. The average Bonchev–Trinajstić information content (AvgIpc) is 2.75. The third kappa shape index (κ3) is 5.20. The topological polar surface area (TPSA) is 97.3 Å². The summed E-state index contributed by atoms with van der Waals surface area (Å²) in [6, 6.07) is 9.72. The summed E-state index contributed by atoms with van der Waals surface area (Å²) in [7, 11) is 1.57. The molecule has 8 nitrogen and oxygen atoms in total. The van der Waals surface area contributed by atoms with E-state index in [1.54, 1.807) is 36.3 Å². The third-order valence-corrected chi connectivity index (χ3v) is 5.13. The third-order valence-electron chi connectivity index (χ3n) is 5.13. The van der Waals surface area contributed by atoms with E-state index in [1.165, 1.54) is 0 Å². The molecule has 0 unspecified atom stereocenters. The van der Waals surface area contributed by atoms with Crippen molar-refractivity contribution in [2.45, 2.75) is 32.7 Å². The molecule has 1 aliphatic heterocycles. The lowest BCUT2D eigenvalue weighted by Gasteiger charge is -2.37. The summed E-state index contributed by atoms with van der Waals surface area (Å²) in [6.07, 6.45) is 0.385. The Bertz CT molecular complexity index is 928. The predicted molar refractivity (Wildman–Crippen MR) is 116 cm³/mol. The number of hydrogen-bond donors (Lipinski definition) is 2. The number of carbonyl (C=O) groups is 2. The summed E-state index contributed by atoms with van der Waals surface area (Å²) in [5.74, 6) is 0.887. The number of urea groups is 1. The molecule has 2 amide bonds. The number of carboxylic acids is 1. The molecule has 0 radical (unpaired) electrons. The number of nitrogens with zero attached hydrogens (tertiary/aromatic N) is 1. The van der Waals surface area contributed by atoms with E-state index in [0.29, 0.717) is 49.1 Å². The second kappa shape index (κ2) is 10.1. The van der Waals surface area contributed by atoms with Crippen molar-refractivity contribution in [3.63, 3.8) is 0 Å². The van der Waals surface area contributed by atoms with Gasteiger partial charge in [-0.1, -0.05) is 0 Å². The lowest BCUT2D eigenvalue weighted by atomic mass is 9.90. The number of nitrogens with one attached hydrogen (secondary N) is 1. The highest BCUT2D eigenvalue weighted by atomic mass is 16.5. The predicted octanol–water partition coefficient (Wildman–Crippen LogP) is 4.10. The Kier molecular flexibility index (Phi) is 7.23. The molecule has 0 saturated heterocycles. The van der Waals surface area contributed by atoms with Gasteiger partial charge in [-0.3, -0.25) is 4.79 Å². The molecule has 3 rings (SSSR count). The van der Waals surface area contributed by atoms with Crippen LogP contribution < -0.4 is 19.5 Å². The number of carbonyl (C=O) groups excluding carboxylic acids is 1. The van der Waals surface area contributed by atoms with Gasteiger partial charge < -0.3 is 29.5 Å². The number of benzene rings is 2. The number of ether oxygens (including phenoxy) is 3. The molecule has 0 bridgehead atoms. The monoisotopic (exact) mass is 428 g/mol. The van der Waals surface area contributed by atoms with Gasteiger partial charge in [-0.2, -0.15) is 0 Å². The summed E-state index contributed by atoms with van der Waals surface area (Å²) >= 11 is 0. The number of rotatable bonds is 8. The van der Waals surface area contributed by atoms with E-state index in [0.717, 1.165) is 11.1 Å². The number of carboxylic acid groups (broad SMARTS) is 1. The number of methoxy groups -OCH3 is 1. The fourth-order valence-corrected chi connectivity index (χ4v) is 3.74. The molecule has 0 aromatic heterocycles. The van der Waals surface area contributed by atoms with Crippen LogP contribution in [0.25, 0.3) is 0 Å². The minimum absolute atomic E-state index is 0.206. The molecule has 0 fully saturated rings. The van der Waals surface area contributed by atoms with Crippen LogP contribution in [-0.4, -0.2) is 48.9 Å². The van der Waals surface area contributed by atoms with Crippen molar-refractivity contribution >= 4 is 17.7 Å². The Balaban J connectivity index is 1.91. The van der Waals surface area contributed by atoms with Gasteiger partial charge >= 0.3 is 12.0 Å². The van der Waals surface area contributed by atoms with Crippen LogP contribution in [0.5, 0.6) is 17.2 Å². The number of hydrogen-bond acceptors (Lipinski definition) is 5. The van der Waals surface area contributed by atoms with Gasteiger partial charge in [-0.15, -0.1) is 0 Å². The number of anilines is 1. The van der Waals surface area contributed by atoms with Crippen molar-refractivity contribution in [2.75, 3.05) is 32.2 Å². The summed E-state index contributed by atoms with van der Waals surface area (Å²) in [6.45, 7) is 5.11. The van der Waals surface area contributed by atoms with E-state index >= 15 is 0 Å². The first-order chi connectivity index (χ1) is 15.0. The maximum Gasteiger partial charge on any atom is 0.322 e. The maximum atomic E-state index is 13.0. The van der Waals surface area contributed by atoms with Crippen molar-refractivity contribution < 1.29 is 28.9 Å². The molecule has 2 aromatic rings. The molecule has 166 valence electrons. The Hall–Kier alpha value is -3.42. The van der Waals surface area contributed by atoms with E-state index in [1.807, 2.05) is 26.0 Å². The Morgan fingerprint density at radius 2 is 1.74 bits per heavy atom. The molecule has 1 aliphatic rings. The first-order valence-corrected chi connectivity index (χ1v) is 10.3. The van der Waals surface area contributed by atoms with Crippen LogP contribution in [0, 0.1) is 0 Å². The van der Waals surface area contributed by atoms with E-state index in [-0.39, 0.29) is 12.5 Å². The van der Waals surface area contributed by atoms with Crippen molar-refractivity contribution in [1.29, 1.82) is 0 Å². The van der Waals surface area contributed by atoms with Gasteiger partial charge in [0.2, 0.25) is 0 Å². The second-order valence-corrected chi connectivity index (χ2v) is 7.08. The molecule has 0 spiro atoms. The second-order valence-electron chi connectivity index (χ2n) is 7.08. The van der Waals surface area contributed by atoms with Gasteiger partial charge in [0.15, 0.2) is 11.5 Å². The minimum atomic E-state index is -0.980. The van der Waals surface area contributed by atoms with Crippen LogP contribution in [0.15, 0.2) is 36.4 Å². The van der Waals surface area contributed by atoms with Crippen molar-refractivity contribution in [1.82, 2.24) is 4.90 Å². The molecule has 31 heavy (non-hydrogen) atoms. The molecule has 8 heteroatoms. The highest BCUT2D eigenvalue weighted by molar-refractivity contribution is 5.90. The molecule has 1 atom stereocenters. The van der Waals surface area contributed by atoms with Gasteiger partial charge in [-0.25, -0.2) is 4.79 Å². The molecule has 1 heterocycles. The highest BCUT2D eigenvalue weighted by Gasteiger charge is 2.34. The van der Waals surface area contributed by atoms with Gasteiger partial charge in [0.05, 0.1) is 32.8 Å².